The quantitative estimate of drug-likeness (QED) is 0.290. The van der Waals surface area contributed by atoms with Gasteiger partial charge in [-0.15, -0.1) is 24.8 Å². The van der Waals surface area contributed by atoms with Crippen LogP contribution in [-0.2, 0) is 17.9 Å². The molecular formula is C25H31Cl2N3O2. The Balaban J connectivity index is 0.00000181. The van der Waals surface area contributed by atoms with E-state index in [1.165, 1.54) is 5.56 Å². The fourth-order valence-electron chi connectivity index (χ4n) is 4.48. The molecule has 0 unspecified atom stereocenters. The zero-order valence-corrected chi connectivity index (χ0v) is 20.3. The van der Waals surface area contributed by atoms with Gasteiger partial charge in [0.2, 0.25) is 5.78 Å². The maximum absolute atomic E-state index is 12.2. The number of hydrogen-bond acceptors (Lipinski definition) is 4. The van der Waals surface area contributed by atoms with Gasteiger partial charge < -0.3 is 4.57 Å². The van der Waals surface area contributed by atoms with Crippen LogP contribution in [0, 0.1) is 13.8 Å². The summed E-state index contributed by atoms with van der Waals surface area (Å²) in [6, 6.07) is 14.7. The smallest absolute Gasteiger partial charge is 0.227 e. The fraction of sp³-hybridized carbons (Fsp3) is 0.360. The highest BCUT2D eigenvalue weighted by Gasteiger charge is 2.20. The van der Waals surface area contributed by atoms with Crippen molar-refractivity contribution in [3.63, 3.8) is 0 Å². The summed E-state index contributed by atoms with van der Waals surface area (Å²) in [5, 5.41) is 0.916. The highest BCUT2D eigenvalue weighted by Crippen LogP contribution is 2.28. The Bertz CT molecular complexity index is 1060. The molecule has 0 spiro atoms. The van der Waals surface area contributed by atoms with Gasteiger partial charge in [0, 0.05) is 57.4 Å². The molecule has 5 nitrogen and oxygen atoms in total. The number of piperazine rings is 1. The van der Waals surface area contributed by atoms with E-state index < -0.39 is 5.78 Å². The van der Waals surface area contributed by atoms with Crippen LogP contribution in [0.3, 0.4) is 0 Å². The summed E-state index contributed by atoms with van der Waals surface area (Å²) in [7, 11) is 0. The third-order valence-corrected chi connectivity index (χ3v) is 6.17. The molecule has 2 aromatic carbocycles. The lowest BCUT2D eigenvalue weighted by molar-refractivity contribution is -0.104. The van der Waals surface area contributed by atoms with Crippen LogP contribution in [0.15, 0.2) is 48.7 Å². The zero-order chi connectivity index (χ0) is 21.1. The lowest BCUT2D eigenvalue weighted by Crippen LogP contribution is -2.46. The van der Waals surface area contributed by atoms with Crippen molar-refractivity contribution in [2.24, 2.45) is 0 Å². The predicted molar refractivity (Wildman–Crippen MR) is 134 cm³/mol. The number of carbonyl (C=O) groups excluding carboxylic acids is 2. The monoisotopic (exact) mass is 475 g/mol. The Morgan fingerprint density at radius 3 is 2.16 bits per heavy atom. The van der Waals surface area contributed by atoms with Gasteiger partial charge in [0.25, 0.3) is 0 Å². The van der Waals surface area contributed by atoms with E-state index in [1.807, 2.05) is 19.2 Å². The minimum absolute atomic E-state index is 0. The molecule has 1 saturated heterocycles. The Morgan fingerprint density at radius 2 is 1.50 bits per heavy atom. The van der Waals surface area contributed by atoms with E-state index in [1.54, 1.807) is 0 Å². The first-order valence-electron chi connectivity index (χ1n) is 10.6. The molecule has 0 saturated carbocycles. The van der Waals surface area contributed by atoms with E-state index in [9.17, 15) is 9.59 Å². The SMILES string of the molecule is Cc1ccc(C)c2c1c(C(=O)C=O)cn2CCN1CCN(Cc2ccccc2)CC1.Cl.Cl. The number of aryl methyl sites for hydroxylation is 2. The Kier molecular flexibility index (Phi) is 9.47. The van der Waals surface area contributed by atoms with Crippen molar-refractivity contribution >= 4 is 47.8 Å². The van der Waals surface area contributed by atoms with E-state index >= 15 is 0 Å². The zero-order valence-electron chi connectivity index (χ0n) is 18.6. The number of aldehydes is 1. The van der Waals surface area contributed by atoms with Crippen LogP contribution in [0.1, 0.15) is 27.0 Å². The largest absolute Gasteiger partial charge is 0.345 e. The summed E-state index contributed by atoms with van der Waals surface area (Å²) in [6.45, 7) is 11.0. The summed E-state index contributed by atoms with van der Waals surface area (Å²) in [5.74, 6) is -0.443. The van der Waals surface area contributed by atoms with Crippen molar-refractivity contribution in [1.29, 1.82) is 0 Å². The van der Waals surface area contributed by atoms with Gasteiger partial charge in [-0.05, 0) is 30.5 Å². The van der Waals surface area contributed by atoms with Gasteiger partial charge in [0.1, 0.15) is 0 Å². The molecule has 172 valence electrons. The van der Waals surface area contributed by atoms with Crippen molar-refractivity contribution in [2.75, 3.05) is 32.7 Å². The van der Waals surface area contributed by atoms with Gasteiger partial charge in [0.15, 0.2) is 6.29 Å². The molecule has 0 radical (unpaired) electrons. The molecule has 32 heavy (non-hydrogen) atoms. The van der Waals surface area contributed by atoms with Crippen molar-refractivity contribution < 1.29 is 9.59 Å². The maximum Gasteiger partial charge on any atom is 0.227 e. The van der Waals surface area contributed by atoms with Gasteiger partial charge in [-0.2, -0.15) is 0 Å². The molecule has 0 N–H and O–H groups in total. The van der Waals surface area contributed by atoms with Crippen molar-refractivity contribution in [3.05, 3.63) is 70.9 Å². The number of rotatable bonds is 7. The number of benzene rings is 2. The summed E-state index contributed by atoms with van der Waals surface area (Å²) < 4.78 is 2.16. The van der Waals surface area contributed by atoms with E-state index in [-0.39, 0.29) is 24.8 Å². The summed E-state index contributed by atoms with van der Waals surface area (Å²) in [5.41, 5.74) is 5.13. The lowest BCUT2D eigenvalue weighted by atomic mass is 10.0. The van der Waals surface area contributed by atoms with Crippen molar-refractivity contribution in [3.8, 4) is 0 Å². The van der Waals surface area contributed by atoms with Gasteiger partial charge in [-0.25, -0.2) is 0 Å². The average molecular weight is 476 g/mol. The molecule has 3 aromatic rings. The fourth-order valence-corrected chi connectivity index (χ4v) is 4.48. The number of fused-ring (bicyclic) bond motifs is 1. The Labute approximate surface area is 202 Å². The van der Waals surface area contributed by atoms with E-state index in [4.69, 9.17) is 0 Å². The van der Waals surface area contributed by atoms with E-state index in [0.29, 0.717) is 11.8 Å². The molecule has 0 amide bonds. The molecule has 1 aliphatic heterocycles. The summed E-state index contributed by atoms with van der Waals surface area (Å²) >= 11 is 0. The number of nitrogens with zero attached hydrogens (tertiary/aromatic N) is 3. The number of ketones is 1. The topological polar surface area (TPSA) is 45.6 Å². The number of aromatic nitrogens is 1. The number of halogens is 2. The van der Waals surface area contributed by atoms with E-state index in [0.717, 1.165) is 67.8 Å². The second kappa shape index (κ2) is 11.6. The third kappa shape index (κ3) is 5.59. The second-order valence-electron chi connectivity index (χ2n) is 8.24. The van der Waals surface area contributed by atoms with Gasteiger partial charge in [-0.1, -0.05) is 42.5 Å². The normalized spacial score (nSPS) is 14.6. The predicted octanol–water partition coefficient (Wildman–Crippen LogP) is 4.30. The summed E-state index contributed by atoms with van der Waals surface area (Å²) in [6.07, 6.45) is 2.29. The number of carbonyl (C=O) groups is 2. The summed E-state index contributed by atoms with van der Waals surface area (Å²) in [4.78, 5) is 28.3. The van der Waals surface area contributed by atoms with Crippen molar-refractivity contribution in [2.45, 2.75) is 26.9 Å². The molecule has 4 rings (SSSR count). The van der Waals surface area contributed by atoms with Crippen LogP contribution < -0.4 is 0 Å². The first kappa shape index (κ1) is 26.1. The number of Topliss-reactive ketones (excluding diaryl/α,β-unsaturated/α-hetero) is 1. The second-order valence-corrected chi connectivity index (χ2v) is 8.24. The Morgan fingerprint density at radius 1 is 0.875 bits per heavy atom. The average Bonchev–Trinajstić information content (AvgIpc) is 3.17. The first-order chi connectivity index (χ1) is 14.6. The molecule has 2 heterocycles. The molecule has 7 heteroatoms. The minimum atomic E-state index is -0.443. The van der Waals surface area contributed by atoms with Crippen LogP contribution in [0.2, 0.25) is 0 Å². The molecule has 0 bridgehead atoms. The van der Waals surface area contributed by atoms with Gasteiger partial charge >= 0.3 is 0 Å². The molecule has 1 aliphatic rings. The van der Waals surface area contributed by atoms with Gasteiger partial charge in [0.05, 0.1) is 11.1 Å². The molecular weight excluding hydrogens is 445 g/mol. The molecule has 0 atom stereocenters. The minimum Gasteiger partial charge on any atom is -0.345 e. The molecule has 1 fully saturated rings. The standard InChI is InChI=1S/C25H29N3O2.2ClH/c1-19-8-9-20(2)25-24(19)22(23(30)18-29)17-28(25)15-14-26-10-12-27(13-11-26)16-21-6-4-3-5-7-21;;/h3-9,17-18H,10-16H2,1-2H3;2*1H. The maximum atomic E-state index is 12.2. The van der Waals surface area contributed by atoms with Crippen LogP contribution in [0.4, 0.5) is 0 Å². The molecule has 1 aromatic heterocycles. The van der Waals surface area contributed by atoms with Gasteiger partial charge in [-0.3, -0.25) is 19.4 Å². The first-order valence-corrected chi connectivity index (χ1v) is 10.6. The van der Waals surface area contributed by atoms with Crippen molar-refractivity contribution in [1.82, 2.24) is 14.4 Å². The highest BCUT2D eigenvalue weighted by molar-refractivity contribution is 6.36. The van der Waals surface area contributed by atoms with Crippen LogP contribution in [0.5, 0.6) is 0 Å². The van der Waals surface area contributed by atoms with Crippen LogP contribution in [-0.4, -0.2) is 59.2 Å². The van der Waals surface area contributed by atoms with Crippen LogP contribution >= 0.6 is 24.8 Å². The Hall–Kier alpha value is -2.18. The number of hydrogen-bond donors (Lipinski definition) is 0. The van der Waals surface area contributed by atoms with E-state index in [2.05, 4.69) is 57.7 Å². The lowest BCUT2D eigenvalue weighted by Gasteiger charge is -2.34. The third-order valence-electron chi connectivity index (χ3n) is 6.17. The highest BCUT2D eigenvalue weighted by atomic mass is 35.5. The van der Waals surface area contributed by atoms with Crippen LogP contribution in [0.25, 0.3) is 10.9 Å². The molecule has 0 aliphatic carbocycles.